The van der Waals surface area contributed by atoms with Gasteiger partial charge in [0.2, 0.25) is 5.91 Å². The number of rotatable bonds is 8. The Morgan fingerprint density at radius 1 is 1.29 bits per heavy atom. The van der Waals surface area contributed by atoms with Crippen LogP contribution in [0.1, 0.15) is 48.9 Å². The quantitative estimate of drug-likeness (QED) is 0.593. The van der Waals surface area contributed by atoms with Gasteiger partial charge in [0, 0.05) is 31.9 Å². The van der Waals surface area contributed by atoms with Crippen LogP contribution in [0.25, 0.3) is 0 Å². The van der Waals surface area contributed by atoms with Gasteiger partial charge in [-0.15, -0.1) is 10.2 Å². The molecule has 0 saturated heterocycles. The second kappa shape index (κ2) is 8.18. The van der Waals surface area contributed by atoms with Gasteiger partial charge in [0.1, 0.15) is 17.7 Å². The van der Waals surface area contributed by atoms with Crippen LogP contribution in [0.15, 0.2) is 47.9 Å². The molecule has 1 amide bonds. The first-order valence-electron chi connectivity index (χ1n) is 9.54. The van der Waals surface area contributed by atoms with E-state index in [0.717, 1.165) is 28.9 Å². The van der Waals surface area contributed by atoms with Crippen molar-refractivity contribution in [1.29, 1.82) is 0 Å². The number of hydrogen-bond acceptors (Lipinski definition) is 5. The number of thioether (sulfide) groups is 1. The number of carbonyl (C=O) groups excluding carboxylic acids is 1. The zero-order chi connectivity index (χ0) is 19.5. The summed E-state index contributed by atoms with van der Waals surface area (Å²) < 4.78 is 4.06. The molecule has 1 aliphatic carbocycles. The van der Waals surface area contributed by atoms with Crippen LogP contribution in [0.2, 0.25) is 0 Å². The average Bonchev–Trinajstić information content (AvgIpc) is 3.34. The minimum atomic E-state index is -0.291. The summed E-state index contributed by atoms with van der Waals surface area (Å²) >= 11 is 1.43. The van der Waals surface area contributed by atoms with Crippen molar-refractivity contribution in [2.75, 3.05) is 5.75 Å². The van der Waals surface area contributed by atoms with Crippen LogP contribution in [-0.4, -0.2) is 36.0 Å². The Kier molecular flexibility index (Phi) is 5.47. The maximum atomic E-state index is 12.7. The maximum absolute atomic E-state index is 12.7. The lowest BCUT2D eigenvalue weighted by Gasteiger charge is -2.19. The number of carbonyl (C=O) groups is 1. The Bertz CT molecular complexity index is 947. The average molecular weight is 397 g/mol. The Morgan fingerprint density at radius 2 is 2.07 bits per heavy atom. The number of imidazole rings is 1. The lowest BCUT2D eigenvalue weighted by molar-refractivity contribution is -0.119. The van der Waals surface area contributed by atoms with E-state index in [9.17, 15) is 4.79 Å². The Balaban J connectivity index is 1.46. The normalized spacial score (nSPS) is 14.8. The van der Waals surface area contributed by atoms with Crippen LogP contribution in [-0.2, 0) is 18.4 Å². The fraction of sp³-hybridized carbons (Fsp3) is 0.400. The van der Waals surface area contributed by atoms with Crippen molar-refractivity contribution in [1.82, 2.24) is 29.6 Å². The van der Waals surface area contributed by atoms with E-state index < -0.39 is 0 Å². The molecule has 0 aliphatic heterocycles. The molecule has 146 valence electrons. The molecule has 0 radical (unpaired) electrons. The van der Waals surface area contributed by atoms with Gasteiger partial charge in [0.05, 0.1) is 5.75 Å². The Labute approximate surface area is 168 Å². The molecule has 1 atom stereocenters. The molecule has 7 nitrogen and oxygen atoms in total. The van der Waals surface area contributed by atoms with E-state index in [2.05, 4.69) is 32.0 Å². The first-order chi connectivity index (χ1) is 13.7. The molecule has 1 aliphatic rings. The number of aryl methyl sites for hydroxylation is 1. The summed E-state index contributed by atoms with van der Waals surface area (Å²) in [6.07, 6.45) is 6.00. The van der Waals surface area contributed by atoms with Gasteiger partial charge in [-0.05, 0) is 25.3 Å². The molecule has 1 aromatic carbocycles. The predicted molar refractivity (Wildman–Crippen MR) is 108 cm³/mol. The molecular weight excluding hydrogens is 372 g/mol. The van der Waals surface area contributed by atoms with Crippen LogP contribution in [0.5, 0.6) is 0 Å². The van der Waals surface area contributed by atoms with Crippen molar-refractivity contribution in [3.05, 3.63) is 59.9 Å². The third kappa shape index (κ3) is 3.96. The summed E-state index contributed by atoms with van der Waals surface area (Å²) in [6, 6.07) is 9.61. The van der Waals surface area contributed by atoms with E-state index in [-0.39, 0.29) is 17.7 Å². The van der Waals surface area contributed by atoms with Crippen molar-refractivity contribution in [3.63, 3.8) is 0 Å². The maximum Gasteiger partial charge on any atom is 0.231 e. The van der Waals surface area contributed by atoms with Crippen molar-refractivity contribution in [2.45, 2.75) is 43.4 Å². The smallest absolute Gasteiger partial charge is 0.231 e. The number of amides is 1. The first-order valence-corrected chi connectivity index (χ1v) is 10.5. The topological polar surface area (TPSA) is 77.6 Å². The number of nitrogens with one attached hydrogen (secondary N) is 1. The standard InChI is InChI=1S/C20H24N6OS/c1-3-26-18(15-9-10-15)23-24-20(26)28-13-16(27)22-17(14-7-5-4-6-8-14)19-21-11-12-25(19)2/h4-8,11-12,15,17H,3,9-10,13H2,1-2H3,(H,22,27). The summed E-state index contributed by atoms with van der Waals surface area (Å²) in [4.78, 5) is 17.2. The van der Waals surface area contributed by atoms with Crippen LogP contribution >= 0.6 is 11.8 Å². The fourth-order valence-corrected chi connectivity index (χ4v) is 4.10. The highest BCUT2D eigenvalue weighted by molar-refractivity contribution is 7.99. The highest BCUT2D eigenvalue weighted by Gasteiger charge is 2.30. The van der Waals surface area contributed by atoms with E-state index >= 15 is 0 Å². The highest BCUT2D eigenvalue weighted by atomic mass is 32.2. The molecule has 0 bridgehead atoms. The molecule has 3 aromatic rings. The van der Waals surface area contributed by atoms with Gasteiger partial charge in [-0.3, -0.25) is 4.79 Å². The summed E-state index contributed by atoms with van der Waals surface area (Å²) in [5.41, 5.74) is 1.00. The van der Waals surface area contributed by atoms with Gasteiger partial charge in [-0.25, -0.2) is 4.98 Å². The van der Waals surface area contributed by atoms with Crippen LogP contribution < -0.4 is 5.32 Å². The summed E-state index contributed by atoms with van der Waals surface area (Å²) in [7, 11) is 1.93. The van der Waals surface area contributed by atoms with Gasteiger partial charge in [0.25, 0.3) is 0 Å². The zero-order valence-corrected chi connectivity index (χ0v) is 16.9. The molecular formula is C20H24N6OS. The van der Waals surface area contributed by atoms with Crippen LogP contribution in [0.4, 0.5) is 0 Å². The van der Waals surface area contributed by atoms with E-state index in [1.165, 1.54) is 24.6 Å². The van der Waals surface area contributed by atoms with Gasteiger partial charge in [-0.1, -0.05) is 42.1 Å². The lowest BCUT2D eigenvalue weighted by atomic mass is 10.1. The summed E-state index contributed by atoms with van der Waals surface area (Å²) in [5.74, 6) is 2.64. The SMILES string of the molecule is CCn1c(SCC(=O)NC(c2ccccc2)c2nccn2C)nnc1C1CC1. The minimum absolute atomic E-state index is 0.0551. The molecule has 1 unspecified atom stereocenters. The molecule has 1 saturated carbocycles. The fourth-order valence-electron chi connectivity index (χ4n) is 3.28. The van der Waals surface area contributed by atoms with Crippen LogP contribution in [0, 0.1) is 0 Å². The van der Waals surface area contributed by atoms with E-state index in [4.69, 9.17) is 0 Å². The minimum Gasteiger partial charge on any atom is -0.341 e. The van der Waals surface area contributed by atoms with E-state index in [1.807, 2.05) is 48.1 Å². The molecule has 1 fully saturated rings. The van der Waals surface area contributed by atoms with Crippen molar-refractivity contribution in [2.24, 2.45) is 7.05 Å². The van der Waals surface area contributed by atoms with Gasteiger partial charge in [-0.2, -0.15) is 0 Å². The molecule has 2 aromatic heterocycles. The molecule has 4 rings (SSSR count). The highest BCUT2D eigenvalue weighted by Crippen LogP contribution is 2.40. The third-order valence-electron chi connectivity index (χ3n) is 4.89. The monoisotopic (exact) mass is 396 g/mol. The summed E-state index contributed by atoms with van der Waals surface area (Å²) in [6.45, 7) is 2.91. The molecule has 0 spiro atoms. The lowest BCUT2D eigenvalue weighted by Crippen LogP contribution is -2.32. The van der Waals surface area contributed by atoms with E-state index in [1.54, 1.807) is 6.20 Å². The van der Waals surface area contributed by atoms with Crippen molar-refractivity contribution >= 4 is 17.7 Å². The number of hydrogen-bond donors (Lipinski definition) is 1. The van der Waals surface area contributed by atoms with Crippen molar-refractivity contribution in [3.8, 4) is 0 Å². The van der Waals surface area contributed by atoms with E-state index in [0.29, 0.717) is 5.92 Å². The molecule has 2 heterocycles. The number of nitrogens with zero attached hydrogens (tertiary/aromatic N) is 5. The Hall–Kier alpha value is -2.61. The largest absolute Gasteiger partial charge is 0.341 e. The first kappa shape index (κ1) is 18.7. The number of aromatic nitrogens is 5. The molecule has 1 N–H and O–H groups in total. The van der Waals surface area contributed by atoms with Crippen molar-refractivity contribution < 1.29 is 4.79 Å². The second-order valence-corrected chi connectivity index (χ2v) is 7.90. The number of benzene rings is 1. The van der Waals surface area contributed by atoms with Gasteiger partial charge < -0.3 is 14.5 Å². The molecule has 28 heavy (non-hydrogen) atoms. The molecule has 8 heteroatoms. The van der Waals surface area contributed by atoms with Gasteiger partial charge in [0.15, 0.2) is 5.16 Å². The third-order valence-corrected chi connectivity index (χ3v) is 5.86. The summed E-state index contributed by atoms with van der Waals surface area (Å²) in [5, 5.41) is 12.6. The second-order valence-electron chi connectivity index (χ2n) is 6.96. The Morgan fingerprint density at radius 3 is 2.71 bits per heavy atom. The van der Waals surface area contributed by atoms with Gasteiger partial charge >= 0.3 is 0 Å². The predicted octanol–water partition coefficient (Wildman–Crippen LogP) is 2.91. The zero-order valence-electron chi connectivity index (χ0n) is 16.1. The van der Waals surface area contributed by atoms with Crippen LogP contribution in [0.3, 0.4) is 0 Å².